The average Bonchev–Trinajstić information content (AvgIpc) is 3.63. The van der Waals surface area contributed by atoms with Crippen LogP contribution in [0.2, 0.25) is 0 Å². The Kier molecular flexibility index (Phi) is 7.95. The molecule has 1 saturated heterocycles. The molecule has 8 nitrogen and oxygen atoms in total. The number of carbonyl (C=O) groups is 2. The van der Waals surface area contributed by atoms with Crippen molar-refractivity contribution >= 4 is 34.8 Å². The lowest BCUT2D eigenvalue weighted by molar-refractivity contribution is 0.102. The smallest absolute Gasteiger partial charge is 0.317 e. The number of nitrogens with one attached hydrogen (secondary N) is 3. The molecule has 190 valence electrons. The van der Waals surface area contributed by atoms with E-state index < -0.39 is 0 Å². The summed E-state index contributed by atoms with van der Waals surface area (Å²) in [7, 11) is 0. The Morgan fingerprint density at radius 3 is 2.86 bits per heavy atom. The lowest BCUT2D eigenvalue weighted by atomic mass is 9.97. The van der Waals surface area contributed by atoms with Gasteiger partial charge in [-0.3, -0.25) is 9.79 Å². The number of aliphatic imine (C=N–C) groups is 1. The SMILES string of the molecule is O=C(Nc1cccc(C2=NCCN2)c1)c1csc(C2CCN(C(=O)NCCC3=CCCCC3)CC2)n1. The van der Waals surface area contributed by atoms with Gasteiger partial charge in [-0.1, -0.05) is 23.8 Å². The van der Waals surface area contributed by atoms with E-state index in [1.54, 1.807) is 0 Å². The molecular formula is C27H34N6O2S. The van der Waals surface area contributed by atoms with E-state index in [9.17, 15) is 9.59 Å². The number of anilines is 1. The Hall–Kier alpha value is -3.20. The van der Waals surface area contributed by atoms with Gasteiger partial charge >= 0.3 is 6.03 Å². The van der Waals surface area contributed by atoms with Crippen LogP contribution in [0.5, 0.6) is 0 Å². The minimum Gasteiger partial charge on any atom is -0.368 e. The number of likely N-dealkylation sites (tertiary alicyclic amines) is 1. The molecule has 3 heterocycles. The summed E-state index contributed by atoms with van der Waals surface area (Å²) in [5.74, 6) is 0.937. The third-order valence-corrected chi connectivity index (χ3v) is 8.07. The van der Waals surface area contributed by atoms with Gasteiger partial charge in [-0.2, -0.15) is 0 Å². The predicted octanol–water partition coefficient (Wildman–Crippen LogP) is 4.52. The molecule has 1 aromatic heterocycles. The lowest BCUT2D eigenvalue weighted by Gasteiger charge is -2.31. The molecular weight excluding hydrogens is 472 g/mol. The van der Waals surface area contributed by atoms with Gasteiger partial charge in [-0.15, -0.1) is 11.3 Å². The van der Waals surface area contributed by atoms with E-state index in [2.05, 4.69) is 32.0 Å². The molecule has 1 aliphatic carbocycles. The number of hydrogen-bond acceptors (Lipinski definition) is 6. The van der Waals surface area contributed by atoms with Crippen molar-refractivity contribution in [3.63, 3.8) is 0 Å². The van der Waals surface area contributed by atoms with Crippen molar-refractivity contribution in [1.82, 2.24) is 20.5 Å². The van der Waals surface area contributed by atoms with Crippen LogP contribution in [0.25, 0.3) is 0 Å². The Balaban J connectivity index is 1.09. The zero-order chi connectivity index (χ0) is 24.7. The monoisotopic (exact) mass is 506 g/mol. The van der Waals surface area contributed by atoms with Crippen molar-refractivity contribution in [1.29, 1.82) is 0 Å². The first-order valence-corrected chi connectivity index (χ1v) is 13.9. The van der Waals surface area contributed by atoms with Crippen LogP contribution in [0.15, 0.2) is 46.3 Å². The van der Waals surface area contributed by atoms with Crippen LogP contribution in [-0.4, -0.2) is 60.4 Å². The number of thiazole rings is 1. The number of urea groups is 1. The highest BCUT2D eigenvalue weighted by Gasteiger charge is 2.26. The van der Waals surface area contributed by atoms with Gasteiger partial charge in [0, 0.05) is 48.7 Å². The van der Waals surface area contributed by atoms with Crippen molar-refractivity contribution < 1.29 is 9.59 Å². The summed E-state index contributed by atoms with van der Waals surface area (Å²) in [6, 6.07) is 7.73. The number of rotatable bonds is 7. The van der Waals surface area contributed by atoms with E-state index in [-0.39, 0.29) is 17.9 Å². The lowest BCUT2D eigenvalue weighted by Crippen LogP contribution is -2.44. The maximum Gasteiger partial charge on any atom is 0.317 e. The average molecular weight is 507 g/mol. The third-order valence-electron chi connectivity index (χ3n) is 7.06. The van der Waals surface area contributed by atoms with Crippen LogP contribution in [-0.2, 0) is 0 Å². The van der Waals surface area contributed by atoms with Gasteiger partial charge in [0.05, 0.1) is 11.6 Å². The Morgan fingerprint density at radius 1 is 1.19 bits per heavy atom. The molecule has 0 radical (unpaired) electrons. The fraction of sp³-hybridized carbons (Fsp3) is 0.481. The van der Waals surface area contributed by atoms with E-state index in [0.29, 0.717) is 25.3 Å². The van der Waals surface area contributed by atoms with Gasteiger partial charge in [0.1, 0.15) is 11.5 Å². The zero-order valence-corrected chi connectivity index (χ0v) is 21.4. The molecule has 2 aliphatic heterocycles. The standard InChI is InChI=1S/C27H34N6O2S/c34-25(31-22-8-4-7-21(17-22)24-28-13-14-29-24)23-18-36-26(32-23)20-10-15-33(16-11-20)27(35)30-12-9-19-5-2-1-3-6-19/h4-5,7-8,17-18,20H,1-3,6,9-16H2,(H,28,29)(H,30,35)(H,31,34). The number of carbonyl (C=O) groups excluding carboxylic acids is 2. The topological polar surface area (TPSA) is 98.7 Å². The first-order valence-electron chi connectivity index (χ1n) is 13.0. The van der Waals surface area contributed by atoms with Crippen molar-refractivity contribution in [3.05, 3.63) is 57.6 Å². The van der Waals surface area contributed by atoms with E-state index in [1.165, 1.54) is 42.6 Å². The van der Waals surface area contributed by atoms with Crippen molar-refractivity contribution in [2.24, 2.45) is 4.99 Å². The summed E-state index contributed by atoms with van der Waals surface area (Å²) in [6.45, 7) is 3.75. The Bertz CT molecular complexity index is 1150. The molecule has 5 rings (SSSR count). The normalized spacial score (nSPS) is 18.3. The largest absolute Gasteiger partial charge is 0.368 e. The van der Waals surface area contributed by atoms with Crippen LogP contribution in [0.4, 0.5) is 10.5 Å². The molecule has 3 aliphatic rings. The van der Waals surface area contributed by atoms with Gasteiger partial charge in [0.2, 0.25) is 0 Å². The number of benzene rings is 1. The fourth-order valence-corrected chi connectivity index (χ4v) is 5.98. The number of nitrogens with zero attached hydrogens (tertiary/aromatic N) is 3. The third kappa shape index (κ3) is 6.13. The summed E-state index contributed by atoms with van der Waals surface area (Å²) in [6.07, 6.45) is 9.94. The Morgan fingerprint density at radius 2 is 2.08 bits per heavy atom. The second-order valence-electron chi connectivity index (χ2n) is 9.61. The molecule has 9 heteroatoms. The number of piperidine rings is 1. The minimum atomic E-state index is -0.208. The summed E-state index contributed by atoms with van der Waals surface area (Å²) < 4.78 is 0. The summed E-state index contributed by atoms with van der Waals surface area (Å²) in [5, 5.41) is 12.1. The van der Waals surface area contributed by atoms with Gasteiger partial charge in [-0.05, 0) is 57.1 Å². The molecule has 3 amide bonds. The summed E-state index contributed by atoms with van der Waals surface area (Å²) in [5.41, 5.74) is 3.61. The van der Waals surface area contributed by atoms with E-state index in [0.717, 1.165) is 54.4 Å². The zero-order valence-electron chi connectivity index (χ0n) is 20.6. The van der Waals surface area contributed by atoms with Crippen LogP contribution in [0.3, 0.4) is 0 Å². The maximum absolute atomic E-state index is 12.8. The molecule has 0 saturated carbocycles. The van der Waals surface area contributed by atoms with E-state index >= 15 is 0 Å². The van der Waals surface area contributed by atoms with Crippen LogP contribution < -0.4 is 16.0 Å². The van der Waals surface area contributed by atoms with Gasteiger partial charge in [0.25, 0.3) is 5.91 Å². The number of aromatic nitrogens is 1. The fourth-order valence-electron chi connectivity index (χ4n) is 5.01. The molecule has 2 aromatic rings. The van der Waals surface area contributed by atoms with Crippen molar-refractivity contribution in [2.45, 2.75) is 50.9 Å². The molecule has 36 heavy (non-hydrogen) atoms. The highest BCUT2D eigenvalue weighted by molar-refractivity contribution is 7.10. The second-order valence-corrected chi connectivity index (χ2v) is 10.5. The molecule has 1 aromatic carbocycles. The molecule has 0 unspecified atom stereocenters. The first-order chi connectivity index (χ1) is 17.7. The number of hydrogen-bond donors (Lipinski definition) is 3. The number of amides is 3. The molecule has 0 atom stereocenters. The molecule has 1 fully saturated rings. The highest BCUT2D eigenvalue weighted by Crippen LogP contribution is 2.30. The van der Waals surface area contributed by atoms with Gasteiger partial charge < -0.3 is 20.9 Å². The van der Waals surface area contributed by atoms with E-state index in [4.69, 9.17) is 0 Å². The van der Waals surface area contributed by atoms with Gasteiger partial charge in [0.15, 0.2) is 0 Å². The predicted molar refractivity (Wildman–Crippen MR) is 144 cm³/mol. The number of allylic oxidation sites excluding steroid dienone is 1. The number of amidine groups is 1. The summed E-state index contributed by atoms with van der Waals surface area (Å²) in [4.78, 5) is 36.4. The maximum atomic E-state index is 12.8. The minimum absolute atomic E-state index is 0.0325. The van der Waals surface area contributed by atoms with Crippen LogP contribution in [0, 0.1) is 0 Å². The van der Waals surface area contributed by atoms with Crippen LogP contribution >= 0.6 is 11.3 Å². The second kappa shape index (κ2) is 11.7. The highest BCUT2D eigenvalue weighted by atomic mass is 32.1. The summed E-state index contributed by atoms with van der Waals surface area (Å²) >= 11 is 1.53. The van der Waals surface area contributed by atoms with Crippen LogP contribution in [0.1, 0.15) is 71.9 Å². The van der Waals surface area contributed by atoms with Gasteiger partial charge in [-0.25, -0.2) is 9.78 Å². The molecule has 0 bridgehead atoms. The van der Waals surface area contributed by atoms with E-state index in [1.807, 2.05) is 34.5 Å². The van der Waals surface area contributed by atoms with Crippen molar-refractivity contribution in [2.75, 3.05) is 38.0 Å². The molecule has 0 spiro atoms. The Labute approximate surface area is 216 Å². The van der Waals surface area contributed by atoms with Crippen molar-refractivity contribution in [3.8, 4) is 0 Å². The first kappa shape index (κ1) is 24.5. The molecule has 3 N–H and O–H groups in total. The quantitative estimate of drug-likeness (QED) is 0.481.